The van der Waals surface area contributed by atoms with E-state index in [-0.39, 0.29) is 17.7 Å². The molecule has 1 rings (SSSR count). The number of thiocarbonyl (C=S) groups is 1. The standard InChI is InChI=1S/C15H24N2O2S2/c1-15(2,3)10-12-21(18,19)17(11-9-14(16)20)13-7-5-4-6-8-13/h4-8H,9-12H2,1-3H3,(H2,16,20). The van der Waals surface area contributed by atoms with E-state index < -0.39 is 10.0 Å². The van der Waals surface area contributed by atoms with Crippen LogP contribution in [0.1, 0.15) is 33.6 Å². The van der Waals surface area contributed by atoms with Crippen molar-refractivity contribution in [3.63, 3.8) is 0 Å². The number of hydrogen-bond acceptors (Lipinski definition) is 3. The van der Waals surface area contributed by atoms with Gasteiger partial charge >= 0.3 is 0 Å². The predicted molar refractivity (Wildman–Crippen MR) is 93.0 cm³/mol. The van der Waals surface area contributed by atoms with E-state index >= 15 is 0 Å². The Hall–Kier alpha value is -1.14. The van der Waals surface area contributed by atoms with Gasteiger partial charge in [-0.15, -0.1) is 0 Å². The van der Waals surface area contributed by atoms with E-state index in [0.29, 0.717) is 23.5 Å². The van der Waals surface area contributed by atoms with Crippen LogP contribution in [0.5, 0.6) is 0 Å². The summed E-state index contributed by atoms with van der Waals surface area (Å²) in [4.78, 5) is 0.321. The minimum atomic E-state index is -3.39. The van der Waals surface area contributed by atoms with Crippen LogP contribution in [0, 0.1) is 5.41 Å². The highest BCUT2D eigenvalue weighted by atomic mass is 32.2. The van der Waals surface area contributed by atoms with E-state index in [4.69, 9.17) is 18.0 Å². The van der Waals surface area contributed by atoms with Crippen molar-refractivity contribution in [1.82, 2.24) is 0 Å². The molecule has 0 atom stereocenters. The van der Waals surface area contributed by atoms with Gasteiger partial charge in [-0.05, 0) is 24.0 Å². The van der Waals surface area contributed by atoms with Gasteiger partial charge in [0.1, 0.15) is 0 Å². The van der Waals surface area contributed by atoms with Gasteiger partial charge in [0.2, 0.25) is 10.0 Å². The number of nitrogens with zero attached hydrogens (tertiary/aromatic N) is 1. The lowest BCUT2D eigenvalue weighted by atomic mass is 9.94. The summed E-state index contributed by atoms with van der Waals surface area (Å²) in [7, 11) is -3.39. The molecule has 2 N–H and O–H groups in total. The van der Waals surface area contributed by atoms with Gasteiger partial charge in [0.05, 0.1) is 16.4 Å². The molecular formula is C15H24N2O2S2. The normalized spacial score (nSPS) is 12.1. The Morgan fingerprint density at radius 2 is 1.81 bits per heavy atom. The van der Waals surface area contributed by atoms with Gasteiger partial charge in [-0.1, -0.05) is 51.2 Å². The molecule has 118 valence electrons. The van der Waals surface area contributed by atoms with Crippen molar-refractivity contribution < 1.29 is 8.42 Å². The van der Waals surface area contributed by atoms with E-state index in [1.165, 1.54) is 4.31 Å². The molecule has 0 amide bonds. The molecule has 1 aromatic rings. The molecule has 0 saturated heterocycles. The zero-order valence-electron chi connectivity index (χ0n) is 12.9. The highest BCUT2D eigenvalue weighted by molar-refractivity contribution is 7.92. The minimum absolute atomic E-state index is 0.0292. The topological polar surface area (TPSA) is 63.4 Å². The SMILES string of the molecule is CC(C)(C)CCS(=O)(=O)N(CCC(N)=S)c1ccccc1. The molecule has 0 aliphatic carbocycles. The zero-order chi connectivity index (χ0) is 16.1. The number of para-hydroxylation sites is 1. The van der Waals surface area contributed by atoms with Crippen molar-refractivity contribution in [1.29, 1.82) is 0 Å². The molecule has 0 bridgehead atoms. The maximum Gasteiger partial charge on any atom is 0.235 e. The number of sulfonamides is 1. The fraction of sp³-hybridized carbons (Fsp3) is 0.533. The predicted octanol–water partition coefficient (Wildman–Crippen LogP) is 2.94. The molecule has 21 heavy (non-hydrogen) atoms. The number of benzene rings is 1. The molecule has 0 radical (unpaired) electrons. The van der Waals surface area contributed by atoms with Crippen LogP contribution in [-0.4, -0.2) is 25.7 Å². The molecule has 4 nitrogen and oxygen atoms in total. The van der Waals surface area contributed by atoms with Crippen LogP contribution < -0.4 is 10.0 Å². The zero-order valence-corrected chi connectivity index (χ0v) is 14.5. The fourth-order valence-electron chi connectivity index (χ4n) is 1.78. The molecule has 0 aliphatic rings. The number of hydrogen-bond donors (Lipinski definition) is 1. The molecule has 0 heterocycles. The van der Waals surface area contributed by atoms with Crippen LogP contribution in [0.3, 0.4) is 0 Å². The Balaban J connectivity index is 2.97. The molecule has 6 heteroatoms. The average molecular weight is 329 g/mol. The number of nitrogens with two attached hydrogens (primary N) is 1. The fourth-order valence-corrected chi connectivity index (χ4v) is 3.77. The first-order valence-corrected chi connectivity index (χ1v) is 8.97. The lowest BCUT2D eigenvalue weighted by Crippen LogP contribution is -2.36. The van der Waals surface area contributed by atoms with E-state index in [2.05, 4.69) is 0 Å². The summed E-state index contributed by atoms with van der Waals surface area (Å²) in [6.07, 6.45) is 0.977. The monoisotopic (exact) mass is 328 g/mol. The lowest BCUT2D eigenvalue weighted by Gasteiger charge is -2.26. The van der Waals surface area contributed by atoms with Crippen molar-refractivity contribution >= 4 is 32.9 Å². The Morgan fingerprint density at radius 1 is 1.24 bits per heavy atom. The third-order valence-corrected chi connectivity index (χ3v) is 5.04. The molecule has 1 aromatic carbocycles. The summed E-state index contributed by atoms with van der Waals surface area (Å²) < 4.78 is 26.7. The third kappa shape index (κ3) is 6.44. The first-order valence-electron chi connectivity index (χ1n) is 6.96. The number of anilines is 1. The molecule has 0 saturated carbocycles. The van der Waals surface area contributed by atoms with Crippen molar-refractivity contribution in [2.75, 3.05) is 16.6 Å². The Labute approximate surface area is 133 Å². The van der Waals surface area contributed by atoms with Crippen LogP contribution in [0.2, 0.25) is 0 Å². The van der Waals surface area contributed by atoms with Crippen LogP contribution in [-0.2, 0) is 10.0 Å². The second kappa shape index (κ2) is 7.22. The van der Waals surface area contributed by atoms with Gasteiger partial charge in [-0.3, -0.25) is 4.31 Å². The molecule has 0 fully saturated rings. The molecule has 0 aromatic heterocycles. The molecule has 0 unspecified atom stereocenters. The Morgan fingerprint density at radius 3 is 2.29 bits per heavy atom. The second-order valence-electron chi connectivity index (χ2n) is 6.25. The Kier molecular flexibility index (Phi) is 6.16. The Bertz CT molecular complexity index is 563. The highest BCUT2D eigenvalue weighted by Gasteiger charge is 2.24. The molecular weight excluding hydrogens is 304 g/mol. The van der Waals surface area contributed by atoms with E-state index in [0.717, 1.165) is 0 Å². The summed E-state index contributed by atoms with van der Waals surface area (Å²) in [5, 5.41) is 0. The van der Waals surface area contributed by atoms with E-state index in [9.17, 15) is 8.42 Å². The van der Waals surface area contributed by atoms with Crippen LogP contribution in [0.25, 0.3) is 0 Å². The lowest BCUT2D eigenvalue weighted by molar-refractivity contribution is 0.397. The summed E-state index contributed by atoms with van der Waals surface area (Å²) in [5.74, 6) is 0.114. The maximum absolute atomic E-state index is 12.6. The first-order chi connectivity index (χ1) is 9.62. The van der Waals surface area contributed by atoms with Crippen molar-refractivity contribution in [2.45, 2.75) is 33.6 Å². The number of rotatable bonds is 7. The van der Waals surface area contributed by atoms with Crippen LogP contribution in [0.4, 0.5) is 5.69 Å². The van der Waals surface area contributed by atoms with E-state index in [1.54, 1.807) is 12.1 Å². The quantitative estimate of drug-likeness (QED) is 0.782. The van der Waals surface area contributed by atoms with Gasteiger partial charge in [0, 0.05) is 13.0 Å². The van der Waals surface area contributed by atoms with Crippen molar-refractivity contribution in [3.05, 3.63) is 30.3 Å². The van der Waals surface area contributed by atoms with E-state index in [1.807, 2.05) is 39.0 Å². The van der Waals surface area contributed by atoms with Crippen LogP contribution >= 0.6 is 12.2 Å². The maximum atomic E-state index is 12.6. The average Bonchev–Trinajstić information content (AvgIpc) is 2.37. The van der Waals surface area contributed by atoms with Gasteiger partial charge < -0.3 is 5.73 Å². The molecule has 0 spiro atoms. The second-order valence-corrected chi connectivity index (χ2v) is 8.79. The molecule has 0 aliphatic heterocycles. The van der Waals surface area contributed by atoms with Crippen LogP contribution in [0.15, 0.2) is 30.3 Å². The van der Waals surface area contributed by atoms with Crippen molar-refractivity contribution in [2.24, 2.45) is 11.1 Å². The summed E-state index contributed by atoms with van der Waals surface area (Å²) in [6.45, 7) is 6.38. The summed E-state index contributed by atoms with van der Waals surface area (Å²) in [5.41, 5.74) is 6.14. The van der Waals surface area contributed by atoms with Crippen molar-refractivity contribution in [3.8, 4) is 0 Å². The van der Waals surface area contributed by atoms with Gasteiger partial charge in [0.25, 0.3) is 0 Å². The van der Waals surface area contributed by atoms with Gasteiger partial charge in [-0.25, -0.2) is 8.42 Å². The summed E-state index contributed by atoms with van der Waals surface area (Å²) >= 11 is 4.87. The third-order valence-electron chi connectivity index (χ3n) is 3.05. The smallest absolute Gasteiger partial charge is 0.235 e. The highest BCUT2D eigenvalue weighted by Crippen LogP contribution is 2.23. The first kappa shape index (κ1) is 17.9. The van der Waals surface area contributed by atoms with Gasteiger partial charge in [-0.2, -0.15) is 0 Å². The largest absolute Gasteiger partial charge is 0.393 e. The summed E-state index contributed by atoms with van der Waals surface area (Å²) in [6, 6.07) is 9.07. The minimum Gasteiger partial charge on any atom is -0.393 e. The van der Waals surface area contributed by atoms with Gasteiger partial charge in [0.15, 0.2) is 0 Å².